The van der Waals surface area contributed by atoms with Crippen molar-refractivity contribution in [2.24, 2.45) is 11.7 Å². The molecule has 1 heterocycles. The lowest BCUT2D eigenvalue weighted by atomic mass is 9.75. The Kier molecular flexibility index (Phi) is 3.52. The van der Waals surface area contributed by atoms with Gasteiger partial charge in [0.05, 0.1) is 19.9 Å². The number of carbonyl (C=O) groups excluding carboxylic acids is 2. The zero-order valence-corrected chi connectivity index (χ0v) is 13.7. The minimum absolute atomic E-state index is 0.0829. The first-order valence-electron chi connectivity index (χ1n) is 7.05. The van der Waals surface area contributed by atoms with Crippen LogP contribution in [0.5, 0.6) is 17.2 Å². The molecule has 0 aromatic heterocycles. The van der Waals surface area contributed by atoms with Crippen LogP contribution in [0.25, 0.3) is 0 Å². The van der Waals surface area contributed by atoms with E-state index < -0.39 is 11.5 Å². The third-order valence-electron chi connectivity index (χ3n) is 4.37. The number of fused-ring (bicyclic) bond motifs is 1. The minimum Gasteiger partial charge on any atom is -0.496 e. The number of hydrogen-bond acceptors (Lipinski definition) is 6. The van der Waals surface area contributed by atoms with Gasteiger partial charge in [-0.2, -0.15) is 0 Å². The molecular formula is C16H16ClNO5. The van der Waals surface area contributed by atoms with Gasteiger partial charge in [-0.05, 0) is 0 Å². The highest BCUT2D eigenvalue weighted by Crippen LogP contribution is 2.53. The quantitative estimate of drug-likeness (QED) is 0.889. The first kappa shape index (κ1) is 15.7. The lowest BCUT2D eigenvalue weighted by Gasteiger charge is -2.35. The molecule has 1 aromatic carbocycles. The summed E-state index contributed by atoms with van der Waals surface area (Å²) in [5.74, 6) is -0.127. The first-order chi connectivity index (χ1) is 10.9. The maximum atomic E-state index is 13.1. The molecule has 7 heteroatoms. The van der Waals surface area contributed by atoms with E-state index in [0.29, 0.717) is 11.5 Å². The molecule has 0 fully saturated rings. The molecule has 3 rings (SSSR count). The van der Waals surface area contributed by atoms with Gasteiger partial charge in [0, 0.05) is 24.5 Å². The zero-order chi connectivity index (χ0) is 16.9. The van der Waals surface area contributed by atoms with E-state index in [1.807, 2.05) is 0 Å². The van der Waals surface area contributed by atoms with Crippen molar-refractivity contribution in [3.05, 3.63) is 28.4 Å². The number of carbonyl (C=O) groups is 2. The summed E-state index contributed by atoms with van der Waals surface area (Å²) < 4.78 is 16.4. The minimum atomic E-state index is -1.43. The Morgan fingerprint density at radius 1 is 1.30 bits per heavy atom. The summed E-state index contributed by atoms with van der Waals surface area (Å²) in [4.78, 5) is 24.8. The molecule has 6 nitrogen and oxygen atoms in total. The number of rotatable bonds is 2. The van der Waals surface area contributed by atoms with E-state index in [-0.39, 0.29) is 40.0 Å². The molecule has 2 N–H and O–H groups in total. The number of benzene rings is 1. The second-order valence-electron chi connectivity index (χ2n) is 5.64. The molecule has 122 valence electrons. The lowest BCUT2D eigenvalue weighted by Crippen LogP contribution is -2.53. The summed E-state index contributed by atoms with van der Waals surface area (Å²) in [5.41, 5.74) is 4.89. The van der Waals surface area contributed by atoms with Crippen LogP contribution in [0.15, 0.2) is 17.8 Å². The Morgan fingerprint density at radius 3 is 2.52 bits per heavy atom. The normalized spacial score (nSPS) is 25.9. The molecule has 0 amide bonds. The molecule has 0 radical (unpaired) electrons. The lowest BCUT2D eigenvalue weighted by molar-refractivity contribution is -0.117. The summed E-state index contributed by atoms with van der Waals surface area (Å²) >= 11 is 6.29. The van der Waals surface area contributed by atoms with Crippen LogP contribution in [0.1, 0.15) is 23.7 Å². The third kappa shape index (κ3) is 1.94. The molecule has 0 unspecified atom stereocenters. The number of Topliss-reactive ketones (excluding diaryl/α,β-unsaturated/α-hetero) is 1. The molecule has 1 aliphatic carbocycles. The van der Waals surface area contributed by atoms with Gasteiger partial charge < -0.3 is 19.9 Å². The molecular weight excluding hydrogens is 322 g/mol. The molecule has 2 atom stereocenters. The van der Waals surface area contributed by atoms with Crippen LogP contribution in [0.4, 0.5) is 0 Å². The topological polar surface area (TPSA) is 87.8 Å². The van der Waals surface area contributed by atoms with Crippen molar-refractivity contribution in [2.45, 2.75) is 18.9 Å². The van der Waals surface area contributed by atoms with Crippen LogP contribution in [-0.4, -0.2) is 31.4 Å². The highest BCUT2D eigenvalue weighted by atomic mass is 35.5. The summed E-state index contributed by atoms with van der Waals surface area (Å²) in [7, 11) is 2.89. The van der Waals surface area contributed by atoms with Gasteiger partial charge in [-0.15, -0.1) is 0 Å². The molecule has 0 saturated carbocycles. The SMILES string of the molecule is COc1cc(OC)c2c(c1Cl)O[C@]1(C2=O)C(N)=CC(=O)C[C@H]1C. The summed E-state index contributed by atoms with van der Waals surface area (Å²) in [5, 5.41) is 0.172. The highest BCUT2D eigenvalue weighted by Gasteiger charge is 2.58. The highest BCUT2D eigenvalue weighted by molar-refractivity contribution is 6.35. The third-order valence-corrected chi connectivity index (χ3v) is 4.72. The van der Waals surface area contributed by atoms with E-state index in [4.69, 9.17) is 31.5 Å². The van der Waals surface area contributed by atoms with Gasteiger partial charge in [-0.25, -0.2) is 0 Å². The van der Waals surface area contributed by atoms with Gasteiger partial charge >= 0.3 is 0 Å². The van der Waals surface area contributed by atoms with E-state index in [1.54, 1.807) is 6.92 Å². The Morgan fingerprint density at radius 2 is 1.96 bits per heavy atom. The molecule has 23 heavy (non-hydrogen) atoms. The maximum Gasteiger partial charge on any atom is 0.220 e. The van der Waals surface area contributed by atoms with Gasteiger partial charge in [-0.3, -0.25) is 9.59 Å². The number of ketones is 2. The van der Waals surface area contributed by atoms with Crippen LogP contribution >= 0.6 is 11.6 Å². The van der Waals surface area contributed by atoms with Crippen LogP contribution in [0.2, 0.25) is 5.02 Å². The Balaban J connectivity index is 2.25. The molecule has 1 aromatic rings. The second-order valence-corrected chi connectivity index (χ2v) is 6.02. The fourth-order valence-electron chi connectivity index (χ4n) is 3.19. The zero-order valence-electron chi connectivity index (χ0n) is 12.9. The number of nitrogens with two attached hydrogens (primary N) is 1. The molecule has 2 aliphatic rings. The number of methoxy groups -OCH3 is 2. The Hall–Kier alpha value is -2.21. The average Bonchev–Trinajstić information content (AvgIpc) is 2.82. The first-order valence-corrected chi connectivity index (χ1v) is 7.43. The van der Waals surface area contributed by atoms with Crippen LogP contribution in [0, 0.1) is 5.92 Å². The number of allylic oxidation sites excluding steroid dienone is 1. The van der Waals surface area contributed by atoms with Gasteiger partial charge in [0.2, 0.25) is 11.4 Å². The molecule has 0 bridgehead atoms. The largest absolute Gasteiger partial charge is 0.496 e. The van der Waals surface area contributed by atoms with Crippen LogP contribution in [0.3, 0.4) is 0 Å². The summed E-state index contributed by atoms with van der Waals surface area (Å²) in [6.45, 7) is 1.75. The predicted molar refractivity (Wildman–Crippen MR) is 83.3 cm³/mol. The number of halogens is 1. The van der Waals surface area contributed by atoms with E-state index in [9.17, 15) is 9.59 Å². The van der Waals surface area contributed by atoms with Crippen molar-refractivity contribution in [3.63, 3.8) is 0 Å². The Labute approximate surface area is 138 Å². The number of ether oxygens (including phenoxy) is 3. The van der Waals surface area contributed by atoms with E-state index in [2.05, 4.69) is 0 Å². The predicted octanol–water partition coefficient (Wildman–Crippen LogP) is 2.12. The van der Waals surface area contributed by atoms with Crippen LogP contribution in [-0.2, 0) is 4.79 Å². The van der Waals surface area contributed by atoms with E-state index >= 15 is 0 Å². The fourth-order valence-corrected chi connectivity index (χ4v) is 3.45. The monoisotopic (exact) mass is 337 g/mol. The summed E-state index contributed by atoms with van der Waals surface area (Å²) in [6, 6.07) is 1.53. The van der Waals surface area contributed by atoms with Crippen molar-refractivity contribution in [3.8, 4) is 17.2 Å². The van der Waals surface area contributed by atoms with Crippen molar-refractivity contribution in [1.29, 1.82) is 0 Å². The maximum absolute atomic E-state index is 13.1. The van der Waals surface area contributed by atoms with Crippen molar-refractivity contribution in [1.82, 2.24) is 0 Å². The van der Waals surface area contributed by atoms with Crippen molar-refractivity contribution < 1.29 is 23.8 Å². The molecule has 1 aliphatic heterocycles. The smallest absolute Gasteiger partial charge is 0.220 e. The molecule has 0 saturated heterocycles. The van der Waals surface area contributed by atoms with Crippen molar-refractivity contribution >= 4 is 23.2 Å². The molecule has 1 spiro atoms. The summed E-state index contributed by atoms with van der Waals surface area (Å²) in [6.07, 6.45) is 1.42. The van der Waals surface area contributed by atoms with Gasteiger partial charge in [-0.1, -0.05) is 18.5 Å². The van der Waals surface area contributed by atoms with Gasteiger partial charge in [0.1, 0.15) is 22.1 Å². The second kappa shape index (κ2) is 5.16. The fraction of sp³-hybridized carbons (Fsp3) is 0.375. The van der Waals surface area contributed by atoms with E-state index in [1.165, 1.54) is 26.4 Å². The standard InChI is InChI=1S/C16H16ClNO5/c1-7-4-8(19)5-11(18)16(7)15(20)12-9(21-2)6-10(22-3)13(17)14(12)23-16/h5-7H,4,18H2,1-3H3/t7-,16+/m1/s1. The van der Waals surface area contributed by atoms with Crippen molar-refractivity contribution in [2.75, 3.05) is 14.2 Å². The van der Waals surface area contributed by atoms with Gasteiger partial charge in [0.15, 0.2) is 11.5 Å². The Bertz CT molecular complexity index is 757. The van der Waals surface area contributed by atoms with E-state index in [0.717, 1.165) is 0 Å². The number of hydrogen-bond donors (Lipinski definition) is 1. The average molecular weight is 338 g/mol. The van der Waals surface area contributed by atoms with Gasteiger partial charge in [0.25, 0.3) is 0 Å². The van der Waals surface area contributed by atoms with Crippen LogP contribution < -0.4 is 19.9 Å².